The van der Waals surface area contributed by atoms with Crippen LogP contribution in [-0.2, 0) is 4.79 Å². The number of hydrogen-bond donors (Lipinski definition) is 0. The van der Waals surface area contributed by atoms with Crippen molar-refractivity contribution in [3.63, 3.8) is 0 Å². The predicted molar refractivity (Wildman–Crippen MR) is 123 cm³/mol. The fraction of sp³-hybridized carbons (Fsp3) is 0.200. The van der Waals surface area contributed by atoms with Crippen LogP contribution in [0.4, 0.5) is 5.69 Å². The highest BCUT2D eigenvalue weighted by Crippen LogP contribution is 2.36. The van der Waals surface area contributed by atoms with Crippen LogP contribution in [0.25, 0.3) is 22.4 Å². The third kappa shape index (κ3) is 3.59. The fourth-order valence-electron chi connectivity index (χ4n) is 4.01. The van der Waals surface area contributed by atoms with E-state index in [9.17, 15) is 9.59 Å². The van der Waals surface area contributed by atoms with E-state index in [0.29, 0.717) is 39.5 Å². The van der Waals surface area contributed by atoms with Gasteiger partial charge in [-0.2, -0.15) is 0 Å². The van der Waals surface area contributed by atoms with Crippen LogP contribution in [0, 0.1) is 6.92 Å². The molecule has 4 aromatic rings. The van der Waals surface area contributed by atoms with Crippen LogP contribution in [0.15, 0.2) is 65.2 Å². The van der Waals surface area contributed by atoms with E-state index in [4.69, 9.17) is 9.26 Å². The summed E-state index contributed by atoms with van der Waals surface area (Å²) in [5.74, 6) is -0.0144. The summed E-state index contributed by atoms with van der Waals surface area (Å²) in [4.78, 5) is 34.3. The number of aromatic nitrogens is 2. The maximum absolute atomic E-state index is 14.0. The molecule has 2 aromatic heterocycles. The second-order valence-electron chi connectivity index (χ2n) is 8.09. The normalized spacial score (nSPS) is 15.1. The minimum absolute atomic E-state index is 0.0850. The zero-order chi connectivity index (χ0) is 23.1. The largest absolute Gasteiger partial charge is 0.476 e. The molecule has 2 aromatic carbocycles. The van der Waals surface area contributed by atoms with E-state index in [0.717, 1.165) is 5.56 Å². The van der Waals surface area contributed by atoms with Gasteiger partial charge in [-0.25, -0.2) is 4.98 Å². The second-order valence-corrected chi connectivity index (χ2v) is 8.09. The molecule has 0 aliphatic carbocycles. The quantitative estimate of drug-likeness (QED) is 0.481. The lowest BCUT2D eigenvalue weighted by Gasteiger charge is -2.35. The minimum atomic E-state index is -0.812. The van der Waals surface area contributed by atoms with Crippen molar-refractivity contribution in [1.82, 2.24) is 15.0 Å². The Hall–Kier alpha value is -4.20. The molecule has 2 amide bonds. The first-order valence-corrected chi connectivity index (χ1v) is 10.5. The summed E-state index contributed by atoms with van der Waals surface area (Å²) in [7, 11) is 3.33. The van der Waals surface area contributed by atoms with Crippen molar-refractivity contribution in [2.75, 3.05) is 25.5 Å². The lowest BCUT2D eigenvalue weighted by atomic mass is 10.0. The number of likely N-dealkylation sites (N-methyl/N-ethyl adjacent to an activating group) is 1. The van der Waals surface area contributed by atoms with Gasteiger partial charge in [-0.1, -0.05) is 47.6 Å². The molecule has 166 valence electrons. The van der Waals surface area contributed by atoms with E-state index < -0.39 is 6.10 Å². The topological polar surface area (TPSA) is 88.8 Å². The van der Waals surface area contributed by atoms with Gasteiger partial charge in [-0.05, 0) is 25.1 Å². The van der Waals surface area contributed by atoms with Crippen molar-refractivity contribution in [2.24, 2.45) is 0 Å². The number of rotatable bonds is 3. The molecular formula is C25H22N4O4. The molecule has 1 unspecified atom stereocenters. The zero-order valence-electron chi connectivity index (χ0n) is 18.5. The number of aryl methyl sites for hydroxylation is 1. The smallest absolute Gasteiger partial charge is 0.265 e. The first-order chi connectivity index (χ1) is 15.9. The van der Waals surface area contributed by atoms with E-state index in [1.165, 1.54) is 4.90 Å². The highest BCUT2D eigenvalue weighted by Gasteiger charge is 2.36. The monoisotopic (exact) mass is 442 g/mol. The molecular weight excluding hydrogens is 420 g/mol. The molecule has 1 aliphatic heterocycles. The molecule has 8 nitrogen and oxygen atoms in total. The van der Waals surface area contributed by atoms with Crippen LogP contribution in [0.3, 0.4) is 0 Å². The Morgan fingerprint density at radius 2 is 1.79 bits per heavy atom. The minimum Gasteiger partial charge on any atom is -0.476 e. The number of para-hydroxylation sites is 2. The van der Waals surface area contributed by atoms with Crippen LogP contribution in [0.2, 0.25) is 0 Å². The number of amides is 2. The Kier molecular flexibility index (Phi) is 5.05. The van der Waals surface area contributed by atoms with Gasteiger partial charge in [0.2, 0.25) is 0 Å². The van der Waals surface area contributed by atoms with E-state index in [2.05, 4.69) is 10.1 Å². The van der Waals surface area contributed by atoms with Crippen molar-refractivity contribution in [3.8, 4) is 17.0 Å². The van der Waals surface area contributed by atoms with Gasteiger partial charge >= 0.3 is 0 Å². The molecule has 0 N–H and O–H groups in total. The van der Waals surface area contributed by atoms with Gasteiger partial charge in [0.15, 0.2) is 6.10 Å². The average molecular weight is 442 g/mol. The van der Waals surface area contributed by atoms with Gasteiger partial charge < -0.3 is 19.1 Å². The van der Waals surface area contributed by atoms with Gasteiger partial charge in [0.1, 0.15) is 5.75 Å². The standard InChI is InChI=1S/C25H22N4O4/c1-15-22-17(13-18(26-23(22)33-27-15)16-9-5-4-6-10-16)24(30)29-14-21(25(31)28(2)3)32-20-12-8-7-11-19(20)29/h4-13,21H,14H2,1-3H3. The van der Waals surface area contributed by atoms with Gasteiger partial charge in [0.25, 0.3) is 17.5 Å². The lowest BCUT2D eigenvalue weighted by Crippen LogP contribution is -2.50. The fourth-order valence-corrected chi connectivity index (χ4v) is 4.01. The highest BCUT2D eigenvalue weighted by atomic mass is 16.5. The van der Waals surface area contributed by atoms with Crippen molar-refractivity contribution in [1.29, 1.82) is 0 Å². The first-order valence-electron chi connectivity index (χ1n) is 10.5. The van der Waals surface area contributed by atoms with Crippen LogP contribution in [0.1, 0.15) is 16.1 Å². The molecule has 8 heteroatoms. The van der Waals surface area contributed by atoms with Gasteiger partial charge in [0, 0.05) is 19.7 Å². The number of carbonyl (C=O) groups excluding carboxylic acids is 2. The first kappa shape index (κ1) is 20.7. The molecule has 0 saturated carbocycles. The van der Waals surface area contributed by atoms with Crippen molar-refractivity contribution in [3.05, 3.63) is 71.9 Å². The van der Waals surface area contributed by atoms with Crippen molar-refractivity contribution >= 4 is 28.6 Å². The maximum atomic E-state index is 14.0. The summed E-state index contributed by atoms with van der Waals surface area (Å²) >= 11 is 0. The van der Waals surface area contributed by atoms with Crippen LogP contribution < -0.4 is 9.64 Å². The van der Waals surface area contributed by atoms with Gasteiger partial charge in [-0.3, -0.25) is 9.59 Å². The van der Waals surface area contributed by atoms with E-state index >= 15 is 0 Å². The van der Waals surface area contributed by atoms with Crippen molar-refractivity contribution in [2.45, 2.75) is 13.0 Å². The molecule has 5 rings (SSSR count). The number of ether oxygens (including phenoxy) is 1. The molecule has 0 fully saturated rings. The number of pyridine rings is 1. The lowest BCUT2D eigenvalue weighted by molar-refractivity contribution is -0.135. The number of carbonyl (C=O) groups is 2. The Balaban J connectivity index is 1.65. The second kappa shape index (κ2) is 8.05. The summed E-state index contributed by atoms with van der Waals surface area (Å²) in [6.45, 7) is 1.86. The predicted octanol–water partition coefficient (Wildman–Crippen LogP) is 3.69. The highest BCUT2D eigenvalue weighted by molar-refractivity contribution is 6.15. The summed E-state index contributed by atoms with van der Waals surface area (Å²) in [6.07, 6.45) is -0.812. The van der Waals surface area contributed by atoms with Crippen LogP contribution >= 0.6 is 0 Å². The third-order valence-corrected chi connectivity index (χ3v) is 5.65. The number of nitrogens with zero attached hydrogens (tertiary/aromatic N) is 4. The molecule has 33 heavy (non-hydrogen) atoms. The van der Waals surface area contributed by atoms with E-state index in [1.54, 1.807) is 44.1 Å². The summed E-state index contributed by atoms with van der Waals surface area (Å²) in [6, 6.07) is 18.5. The molecule has 3 heterocycles. The molecule has 1 atom stereocenters. The number of fused-ring (bicyclic) bond motifs is 2. The molecule has 1 aliphatic rings. The van der Waals surface area contributed by atoms with Crippen LogP contribution in [0.5, 0.6) is 5.75 Å². The molecule has 0 spiro atoms. The molecule has 0 saturated heterocycles. The van der Waals surface area contributed by atoms with Crippen molar-refractivity contribution < 1.29 is 18.8 Å². The van der Waals surface area contributed by atoms with E-state index in [-0.39, 0.29) is 18.4 Å². The van der Waals surface area contributed by atoms with Gasteiger partial charge in [0.05, 0.1) is 34.6 Å². The number of benzene rings is 2. The number of anilines is 1. The summed E-state index contributed by atoms with van der Waals surface area (Å²) in [5.41, 5.74) is 3.33. The zero-order valence-corrected chi connectivity index (χ0v) is 18.5. The SMILES string of the molecule is Cc1noc2nc(-c3ccccc3)cc(C(=O)N3CC(C(=O)N(C)C)Oc4ccccc43)c12. The summed E-state index contributed by atoms with van der Waals surface area (Å²) < 4.78 is 11.4. The molecule has 0 bridgehead atoms. The van der Waals surface area contributed by atoms with E-state index in [1.807, 2.05) is 42.5 Å². The Labute approximate surface area is 190 Å². The molecule has 0 radical (unpaired) electrons. The Morgan fingerprint density at radius 3 is 2.55 bits per heavy atom. The Bertz CT molecular complexity index is 1360. The third-order valence-electron chi connectivity index (χ3n) is 5.65. The maximum Gasteiger partial charge on any atom is 0.265 e. The average Bonchev–Trinajstić information content (AvgIpc) is 3.23. The number of hydrogen-bond acceptors (Lipinski definition) is 6. The summed E-state index contributed by atoms with van der Waals surface area (Å²) in [5, 5.41) is 4.59. The van der Waals surface area contributed by atoms with Crippen LogP contribution in [-0.4, -0.2) is 53.6 Å². The van der Waals surface area contributed by atoms with Gasteiger partial charge in [-0.15, -0.1) is 0 Å². The Morgan fingerprint density at radius 1 is 1.06 bits per heavy atom.